The summed E-state index contributed by atoms with van der Waals surface area (Å²) in [5.41, 5.74) is 1.40. The van der Waals surface area contributed by atoms with Crippen molar-refractivity contribution < 1.29 is 32.2 Å². The van der Waals surface area contributed by atoms with E-state index >= 15 is 0 Å². The largest absolute Gasteiger partial charge is 0.484 e. The molecular weight excluding hydrogens is 468 g/mol. The summed E-state index contributed by atoms with van der Waals surface area (Å²) < 4.78 is 42.4. The number of anilines is 1. The van der Waals surface area contributed by atoms with Gasteiger partial charge in [0.2, 0.25) is 10.0 Å². The van der Waals surface area contributed by atoms with Gasteiger partial charge in [-0.1, -0.05) is 0 Å². The van der Waals surface area contributed by atoms with E-state index in [9.17, 15) is 18.0 Å². The van der Waals surface area contributed by atoms with Crippen LogP contribution in [0.5, 0.6) is 5.75 Å². The third kappa shape index (κ3) is 5.21. The third-order valence-electron chi connectivity index (χ3n) is 5.62. The van der Waals surface area contributed by atoms with E-state index in [1.54, 1.807) is 0 Å². The van der Waals surface area contributed by atoms with Crippen LogP contribution in [0.1, 0.15) is 33.6 Å². The first-order chi connectivity index (χ1) is 15.9. The van der Waals surface area contributed by atoms with Crippen molar-refractivity contribution in [3.05, 3.63) is 40.3 Å². The number of carbonyl (C=O) groups is 2. The van der Waals surface area contributed by atoms with E-state index in [0.717, 1.165) is 36.1 Å². The van der Waals surface area contributed by atoms with Crippen molar-refractivity contribution >= 4 is 38.2 Å². The highest BCUT2D eigenvalue weighted by Crippen LogP contribution is 2.38. The van der Waals surface area contributed by atoms with E-state index in [2.05, 4.69) is 5.32 Å². The molecule has 1 aliphatic heterocycles. The number of nitrogens with one attached hydrogen (secondary N) is 1. The van der Waals surface area contributed by atoms with Gasteiger partial charge in [-0.2, -0.15) is 4.31 Å². The Morgan fingerprint density at radius 1 is 1.12 bits per heavy atom. The van der Waals surface area contributed by atoms with Gasteiger partial charge in [-0.3, -0.25) is 4.79 Å². The predicted molar refractivity (Wildman–Crippen MR) is 122 cm³/mol. The number of sulfonamides is 1. The molecular formula is C22H26N2O7S2. The number of aryl methyl sites for hydroxylation is 1. The van der Waals surface area contributed by atoms with Crippen LogP contribution in [-0.4, -0.2) is 64.6 Å². The van der Waals surface area contributed by atoms with Crippen LogP contribution in [0.2, 0.25) is 0 Å². The summed E-state index contributed by atoms with van der Waals surface area (Å²) in [6, 6.07) is 5.95. The Morgan fingerprint density at radius 2 is 1.82 bits per heavy atom. The molecule has 11 heteroatoms. The summed E-state index contributed by atoms with van der Waals surface area (Å²) >= 11 is 1.41. The molecule has 0 spiro atoms. The van der Waals surface area contributed by atoms with Gasteiger partial charge in [0.05, 0.1) is 30.8 Å². The fraction of sp³-hybridized carbons (Fsp3) is 0.455. The van der Waals surface area contributed by atoms with Gasteiger partial charge in [-0.05, 0) is 55.5 Å². The van der Waals surface area contributed by atoms with Gasteiger partial charge in [0, 0.05) is 18.0 Å². The Kier molecular flexibility index (Phi) is 7.32. The van der Waals surface area contributed by atoms with Gasteiger partial charge in [0.25, 0.3) is 5.91 Å². The maximum atomic E-state index is 12.7. The number of thiophene rings is 1. The number of esters is 1. The molecule has 178 valence electrons. The number of rotatable bonds is 7. The maximum absolute atomic E-state index is 12.7. The number of carbonyl (C=O) groups excluding carboxylic acids is 2. The zero-order valence-corrected chi connectivity index (χ0v) is 19.9. The van der Waals surface area contributed by atoms with Crippen molar-refractivity contribution in [2.75, 3.05) is 45.3 Å². The van der Waals surface area contributed by atoms with Gasteiger partial charge in [-0.15, -0.1) is 11.3 Å². The van der Waals surface area contributed by atoms with Crippen molar-refractivity contribution in [2.24, 2.45) is 0 Å². The van der Waals surface area contributed by atoms with E-state index in [1.807, 2.05) is 0 Å². The average Bonchev–Trinajstić information content (AvgIpc) is 3.20. The number of amides is 1. The molecule has 1 amide bonds. The first-order valence-corrected chi connectivity index (χ1v) is 13.0. The van der Waals surface area contributed by atoms with E-state index in [-0.39, 0.29) is 11.5 Å². The lowest BCUT2D eigenvalue weighted by molar-refractivity contribution is -0.118. The Labute approximate surface area is 196 Å². The fourth-order valence-electron chi connectivity index (χ4n) is 3.93. The Balaban J connectivity index is 1.39. The summed E-state index contributed by atoms with van der Waals surface area (Å²) in [5.74, 6) is -0.504. The minimum atomic E-state index is -3.59. The molecule has 0 radical (unpaired) electrons. The van der Waals surface area contributed by atoms with Crippen molar-refractivity contribution in [1.82, 2.24) is 4.31 Å². The number of benzene rings is 1. The average molecular weight is 495 g/mol. The van der Waals surface area contributed by atoms with Gasteiger partial charge >= 0.3 is 5.97 Å². The van der Waals surface area contributed by atoms with Crippen LogP contribution >= 0.6 is 11.3 Å². The normalized spacial score (nSPS) is 16.6. The standard InChI is InChI=1S/C22H26N2O7S2/c1-29-22(26)20-17-4-2-3-5-18(17)32-21(20)23-19(25)14-31-15-6-8-16(9-7-15)33(27,28)24-10-12-30-13-11-24/h6-9H,2-5,10-14H2,1H3,(H,23,25). The number of methoxy groups -OCH3 is 1. The smallest absolute Gasteiger partial charge is 0.341 e. The van der Waals surface area contributed by atoms with E-state index < -0.39 is 21.9 Å². The zero-order valence-electron chi connectivity index (χ0n) is 18.3. The molecule has 1 saturated heterocycles. The molecule has 1 N–H and O–H groups in total. The number of hydrogen-bond donors (Lipinski definition) is 1. The van der Waals surface area contributed by atoms with Crippen molar-refractivity contribution in [2.45, 2.75) is 30.6 Å². The van der Waals surface area contributed by atoms with Crippen LogP contribution in [0.15, 0.2) is 29.2 Å². The molecule has 2 aliphatic rings. The molecule has 4 rings (SSSR count). The number of ether oxygens (including phenoxy) is 3. The summed E-state index contributed by atoms with van der Waals surface area (Å²) in [5, 5.41) is 3.25. The molecule has 9 nitrogen and oxygen atoms in total. The Morgan fingerprint density at radius 3 is 2.52 bits per heavy atom. The third-order valence-corrected chi connectivity index (χ3v) is 8.74. The number of nitrogens with zero attached hydrogens (tertiary/aromatic N) is 1. The molecule has 1 aromatic carbocycles. The highest BCUT2D eigenvalue weighted by Gasteiger charge is 2.28. The van der Waals surface area contributed by atoms with E-state index in [4.69, 9.17) is 14.2 Å². The Bertz CT molecular complexity index is 1120. The second-order valence-corrected chi connectivity index (χ2v) is 10.8. The second kappa shape index (κ2) is 10.2. The van der Waals surface area contributed by atoms with Crippen LogP contribution in [0.3, 0.4) is 0 Å². The molecule has 1 aliphatic carbocycles. The number of fused-ring (bicyclic) bond motifs is 1. The maximum Gasteiger partial charge on any atom is 0.341 e. The summed E-state index contributed by atoms with van der Waals surface area (Å²) in [6.07, 6.45) is 3.74. The first-order valence-electron chi connectivity index (χ1n) is 10.7. The van der Waals surface area contributed by atoms with Gasteiger partial charge in [0.15, 0.2) is 6.61 Å². The van der Waals surface area contributed by atoms with E-state index in [1.165, 1.54) is 47.0 Å². The van der Waals surface area contributed by atoms with Crippen LogP contribution in [0.25, 0.3) is 0 Å². The lowest BCUT2D eigenvalue weighted by atomic mass is 9.95. The van der Waals surface area contributed by atoms with Crippen LogP contribution < -0.4 is 10.1 Å². The topological polar surface area (TPSA) is 111 Å². The lowest BCUT2D eigenvalue weighted by Crippen LogP contribution is -2.40. The first kappa shape index (κ1) is 23.7. The number of morpholine rings is 1. The summed E-state index contributed by atoms with van der Waals surface area (Å²) in [6.45, 7) is 1.11. The zero-order chi connectivity index (χ0) is 23.4. The molecule has 0 bridgehead atoms. The monoisotopic (exact) mass is 494 g/mol. The molecule has 0 saturated carbocycles. The SMILES string of the molecule is COC(=O)c1c(NC(=O)COc2ccc(S(=O)(=O)N3CCOCC3)cc2)sc2c1CCCC2. The summed E-state index contributed by atoms with van der Waals surface area (Å²) in [7, 11) is -2.27. The minimum absolute atomic E-state index is 0.160. The Hall–Kier alpha value is -2.47. The minimum Gasteiger partial charge on any atom is -0.484 e. The fourth-order valence-corrected chi connectivity index (χ4v) is 6.63. The highest BCUT2D eigenvalue weighted by molar-refractivity contribution is 7.89. The lowest BCUT2D eigenvalue weighted by Gasteiger charge is -2.26. The molecule has 2 aromatic rings. The van der Waals surface area contributed by atoms with Gasteiger partial charge in [0.1, 0.15) is 10.8 Å². The van der Waals surface area contributed by atoms with Crippen LogP contribution in [0, 0.1) is 0 Å². The van der Waals surface area contributed by atoms with E-state index in [0.29, 0.717) is 42.6 Å². The van der Waals surface area contributed by atoms with Crippen LogP contribution in [-0.2, 0) is 37.1 Å². The molecule has 0 unspecified atom stereocenters. The molecule has 1 aromatic heterocycles. The van der Waals surface area contributed by atoms with Crippen molar-refractivity contribution in [3.8, 4) is 5.75 Å². The molecule has 0 atom stereocenters. The van der Waals surface area contributed by atoms with Crippen molar-refractivity contribution in [3.63, 3.8) is 0 Å². The summed E-state index contributed by atoms with van der Waals surface area (Å²) in [4.78, 5) is 26.1. The molecule has 2 heterocycles. The quantitative estimate of drug-likeness (QED) is 0.589. The molecule has 1 fully saturated rings. The number of hydrogen-bond acceptors (Lipinski definition) is 8. The van der Waals surface area contributed by atoms with Crippen LogP contribution in [0.4, 0.5) is 5.00 Å². The molecule has 33 heavy (non-hydrogen) atoms. The highest BCUT2D eigenvalue weighted by atomic mass is 32.2. The van der Waals surface area contributed by atoms with Gasteiger partial charge < -0.3 is 19.5 Å². The van der Waals surface area contributed by atoms with Crippen molar-refractivity contribution in [1.29, 1.82) is 0 Å². The predicted octanol–water partition coefficient (Wildman–Crippen LogP) is 2.45. The van der Waals surface area contributed by atoms with Gasteiger partial charge in [-0.25, -0.2) is 13.2 Å². The second-order valence-electron chi connectivity index (χ2n) is 7.73.